The highest BCUT2D eigenvalue weighted by Gasteiger charge is 2.29. The Balaban J connectivity index is 1.67. The molecule has 0 saturated carbocycles. The SMILES string of the molecule is CCSc1nnc(-c2nn(C)c3c2CN(C(=O)c2ccc(Br)cc2)CC3)n1C. The average molecular weight is 461 g/mol. The zero-order valence-corrected chi connectivity index (χ0v) is 18.4. The third kappa shape index (κ3) is 3.37. The smallest absolute Gasteiger partial charge is 0.254 e. The summed E-state index contributed by atoms with van der Waals surface area (Å²) in [5.74, 6) is 1.71. The number of nitrogens with zero attached hydrogens (tertiary/aromatic N) is 6. The lowest BCUT2D eigenvalue weighted by Gasteiger charge is -2.27. The Labute approximate surface area is 176 Å². The number of rotatable bonds is 4. The molecule has 0 bridgehead atoms. The Hall–Kier alpha value is -2.13. The molecule has 0 fully saturated rings. The third-order valence-electron chi connectivity index (χ3n) is 4.94. The predicted molar refractivity (Wildman–Crippen MR) is 112 cm³/mol. The van der Waals surface area contributed by atoms with E-state index in [2.05, 4.69) is 33.1 Å². The number of aromatic nitrogens is 5. The van der Waals surface area contributed by atoms with Crippen molar-refractivity contribution in [1.82, 2.24) is 29.4 Å². The van der Waals surface area contributed by atoms with Crippen LogP contribution in [0.4, 0.5) is 0 Å². The van der Waals surface area contributed by atoms with Crippen LogP contribution in [0.1, 0.15) is 28.5 Å². The summed E-state index contributed by atoms with van der Waals surface area (Å²) in [5, 5.41) is 14.2. The molecule has 1 aromatic carbocycles. The summed E-state index contributed by atoms with van der Waals surface area (Å²) in [5.41, 5.74) is 3.71. The van der Waals surface area contributed by atoms with Crippen molar-refractivity contribution in [1.29, 1.82) is 0 Å². The third-order valence-corrected chi connectivity index (χ3v) is 6.37. The van der Waals surface area contributed by atoms with E-state index < -0.39 is 0 Å². The van der Waals surface area contributed by atoms with Gasteiger partial charge in [0.1, 0.15) is 5.69 Å². The van der Waals surface area contributed by atoms with Crippen molar-refractivity contribution in [2.75, 3.05) is 12.3 Å². The van der Waals surface area contributed by atoms with Gasteiger partial charge in [-0.3, -0.25) is 9.48 Å². The minimum atomic E-state index is 0.0353. The monoisotopic (exact) mass is 460 g/mol. The maximum absolute atomic E-state index is 13.0. The van der Waals surface area contributed by atoms with Gasteiger partial charge >= 0.3 is 0 Å². The Morgan fingerprint density at radius 2 is 1.96 bits per heavy atom. The number of carbonyl (C=O) groups is 1. The van der Waals surface area contributed by atoms with Crippen molar-refractivity contribution in [3.05, 3.63) is 45.6 Å². The predicted octanol–water partition coefficient (Wildman–Crippen LogP) is 3.29. The van der Waals surface area contributed by atoms with E-state index in [9.17, 15) is 4.79 Å². The summed E-state index contributed by atoms with van der Waals surface area (Å²) < 4.78 is 4.85. The van der Waals surface area contributed by atoms with Crippen LogP contribution in [0.15, 0.2) is 33.9 Å². The van der Waals surface area contributed by atoms with E-state index in [0.717, 1.165) is 44.6 Å². The Kier molecular flexibility index (Phi) is 5.29. The van der Waals surface area contributed by atoms with E-state index in [0.29, 0.717) is 18.7 Å². The standard InChI is InChI=1S/C19H21BrN6OS/c1-4-28-19-22-21-17(24(19)2)16-14-11-26(10-9-15(14)25(3)23-16)18(27)12-5-7-13(20)8-6-12/h5-8H,4,9-11H2,1-3H3. The summed E-state index contributed by atoms with van der Waals surface area (Å²) in [6, 6.07) is 7.49. The van der Waals surface area contributed by atoms with Gasteiger partial charge in [-0.1, -0.05) is 34.6 Å². The molecule has 3 heterocycles. The second-order valence-electron chi connectivity index (χ2n) is 6.68. The van der Waals surface area contributed by atoms with E-state index in [1.54, 1.807) is 11.8 Å². The van der Waals surface area contributed by atoms with Crippen LogP contribution in [0.25, 0.3) is 11.5 Å². The summed E-state index contributed by atoms with van der Waals surface area (Å²) >= 11 is 5.07. The van der Waals surface area contributed by atoms with Gasteiger partial charge in [-0.2, -0.15) is 5.10 Å². The molecule has 4 rings (SSSR count). The fourth-order valence-corrected chi connectivity index (χ4v) is 4.40. The molecule has 0 aliphatic carbocycles. The number of hydrogen-bond donors (Lipinski definition) is 0. The molecule has 3 aromatic rings. The molecule has 2 aromatic heterocycles. The Morgan fingerprint density at radius 3 is 2.68 bits per heavy atom. The van der Waals surface area contributed by atoms with E-state index in [4.69, 9.17) is 5.10 Å². The number of benzene rings is 1. The van der Waals surface area contributed by atoms with Crippen LogP contribution < -0.4 is 0 Å². The van der Waals surface area contributed by atoms with Gasteiger partial charge in [0.05, 0.1) is 6.54 Å². The van der Waals surface area contributed by atoms with E-state index in [1.165, 1.54) is 0 Å². The quantitative estimate of drug-likeness (QED) is 0.558. The molecule has 0 radical (unpaired) electrons. The molecule has 146 valence electrons. The van der Waals surface area contributed by atoms with Crippen LogP contribution in [0.2, 0.25) is 0 Å². The summed E-state index contributed by atoms with van der Waals surface area (Å²) in [4.78, 5) is 14.9. The molecule has 0 atom stereocenters. The van der Waals surface area contributed by atoms with Crippen LogP contribution in [0.3, 0.4) is 0 Å². The topological polar surface area (TPSA) is 68.8 Å². The highest BCUT2D eigenvalue weighted by molar-refractivity contribution is 9.10. The number of aryl methyl sites for hydroxylation is 1. The molecular weight excluding hydrogens is 440 g/mol. The van der Waals surface area contributed by atoms with Gasteiger partial charge in [0.15, 0.2) is 11.0 Å². The van der Waals surface area contributed by atoms with E-state index in [-0.39, 0.29) is 5.91 Å². The van der Waals surface area contributed by atoms with Gasteiger partial charge in [-0.05, 0) is 30.0 Å². The van der Waals surface area contributed by atoms with Crippen LogP contribution in [-0.2, 0) is 27.1 Å². The summed E-state index contributed by atoms with van der Waals surface area (Å²) in [7, 11) is 3.91. The maximum atomic E-state index is 13.0. The first-order chi connectivity index (χ1) is 13.5. The fourth-order valence-electron chi connectivity index (χ4n) is 3.50. The number of fused-ring (bicyclic) bond motifs is 1. The van der Waals surface area contributed by atoms with Crippen molar-refractivity contribution >= 4 is 33.6 Å². The van der Waals surface area contributed by atoms with Crippen LogP contribution >= 0.6 is 27.7 Å². The molecule has 0 unspecified atom stereocenters. The van der Waals surface area contributed by atoms with Gasteiger partial charge < -0.3 is 9.47 Å². The molecule has 0 N–H and O–H groups in total. The summed E-state index contributed by atoms with van der Waals surface area (Å²) in [6.07, 6.45) is 0.773. The first-order valence-corrected chi connectivity index (χ1v) is 10.9. The van der Waals surface area contributed by atoms with E-state index in [1.807, 2.05) is 52.5 Å². The van der Waals surface area contributed by atoms with Crippen molar-refractivity contribution in [3.63, 3.8) is 0 Å². The molecule has 28 heavy (non-hydrogen) atoms. The summed E-state index contributed by atoms with van der Waals surface area (Å²) in [6.45, 7) is 3.29. The Bertz CT molecular complexity index is 1030. The molecule has 9 heteroatoms. The largest absolute Gasteiger partial charge is 0.334 e. The number of halogens is 1. The average Bonchev–Trinajstić information content (AvgIpc) is 3.22. The minimum Gasteiger partial charge on any atom is -0.334 e. The lowest BCUT2D eigenvalue weighted by Crippen LogP contribution is -2.36. The highest BCUT2D eigenvalue weighted by Crippen LogP contribution is 2.30. The van der Waals surface area contributed by atoms with Gasteiger partial charge in [0.25, 0.3) is 5.91 Å². The molecule has 0 saturated heterocycles. The first kappa shape index (κ1) is 19.2. The number of hydrogen-bond acceptors (Lipinski definition) is 5. The molecule has 1 amide bonds. The zero-order valence-electron chi connectivity index (χ0n) is 16.0. The lowest BCUT2D eigenvalue weighted by molar-refractivity contribution is 0.0733. The van der Waals surface area contributed by atoms with Crippen LogP contribution in [-0.4, -0.2) is 47.6 Å². The van der Waals surface area contributed by atoms with Crippen LogP contribution in [0, 0.1) is 0 Å². The van der Waals surface area contributed by atoms with Crippen molar-refractivity contribution in [2.24, 2.45) is 14.1 Å². The molecule has 7 nitrogen and oxygen atoms in total. The van der Waals surface area contributed by atoms with Gasteiger partial charge in [-0.25, -0.2) is 0 Å². The normalized spacial score (nSPS) is 13.6. The van der Waals surface area contributed by atoms with E-state index >= 15 is 0 Å². The second kappa shape index (κ2) is 7.71. The van der Waals surface area contributed by atoms with Crippen molar-refractivity contribution in [2.45, 2.75) is 25.0 Å². The van der Waals surface area contributed by atoms with Crippen LogP contribution in [0.5, 0.6) is 0 Å². The zero-order chi connectivity index (χ0) is 19.8. The second-order valence-corrected chi connectivity index (χ2v) is 8.83. The van der Waals surface area contributed by atoms with Crippen molar-refractivity contribution < 1.29 is 4.79 Å². The fraction of sp³-hybridized carbons (Fsp3) is 0.368. The first-order valence-electron chi connectivity index (χ1n) is 9.11. The lowest BCUT2D eigenvalue weighted by atomic mass is 10.0. The molecule has 1 aliphatic rings. The van der Waals surface area contributed by atoms with Crippen molar-refractivity contribution in [3.8, 4) is 11.5 Å². The number of carbonyl (C=O) groups excluding carboxylic acids is 1. The molecule has 0 spiro atoms. The van der Waals surface area contributed by atoms with Gasteiger partial charge in [0.2, 0.25) is 0 Å². The number of thioether (sulfide) groups is 1. The Morgan fingerprint density at radius 1 is 1.21 bits per heavy atom. The number of amides is 1. The molecule has 1 aliphatic heterocycles. The highest BCUT2D eigenvalue weighted by atomic mass is 79.9. The van der Waals surface area contributed by atoms with Gasteiger partial charge in [0, 0.05) is 48.4 Å². The molecular formula is C19H21BrN6OS. The van der Waals surface area contributed by atoms with Gasteiger partial charge in [-0.15, -0.1) is 10.2 Å². The maximum Gasteiger partial charge on any atom is 0.254 e. The minimum absolute atomic E-state index is 0.0353.